The van der Waals surface area contributed by atoms with Crippen LogP contribution in [-0.4, -0.2) is 33.3 Å². The Kier molecular flexibility index (Phi) is 0.885. The molecule has 1 N–H and O–H groups in total. The molecule has 0 saturated carbocycles. The maximum Gasteiger partial charge on any atom is 0.269 e. The van der Waals surface area contributed by atoms with E-state index in [-0.39, 0.29) is 12.8 Å². The summed E-state index contributed by atoms with van der Waals surface area (Å²) in [5.74, 6) is -1.94. The van der Waals surface area contributed by atoms with Crippen LogP contribution in [0.15, 0.2) is 0 Å². The highest BCUT2D eigenvalue weighted by Gasteiger charge is 2.60. The van der Waals surface area contributed by atoms with Crippen molar-refractivity contribution in [3.8, 4) is 0 Å². The Morgan fingerprint density at radius 2 is 1.64 bits per heavy atom. The zero-order valence-corrected chi connectivity index (χ0v) is 5.53. The molecule has 5 nitrogen and oxygen atoms in total. The van der Waals surface area contributed by atoms with Gasteiger partial charge in [-0.05, 0) is 0 Å². The third kappa shape index (κ3) is 0.561. The maximum atomic E-state index is 10.9. The Labute approximate surface area is 61.6 Å². The van der Waals surface area contributed by atoms with Crippen molar-refractivity contribution in [2.45, 2.75) is 18.4 Å². The summed E-state index contributed by atoms with van der Waals surface area (Å²) < 4.78 is 0. The van der Waals surface area contributed by atoms with Crippen LogP contribution >= 0.6 is 0 Å². The van der Waals surface area contributed by atoms with Crippen LogP contribution in [0.3, 0.4) is 0 Å². The van der Waals surface area contributed by atoms with E-state index >= 15 is 0 Å². The van der Waals surface area contributed by atoms with Crippen LogP contribution in [0.25, 0.3) is 0 Å². The minimum atomic E-state index is -1.70. The van der Waals surface area contributed by atoms with Gasteiger partial charge in [-0.2, -0.15) is 0 Å². The van der Waals surface area contributed by atoms with Crippen molar-refractivity contribution in [3.05, 3.63) is 0 Å². The van der Waals surface area contributed by atoms with Gasteiger partial charge in [0.05, 0.1) is 12.8 Å². The van der Waals surface area contributed by atoms with Gasteiger partial charge in [0, 0.05) is 0 Å². The summed E-state index contributed by atoms with van der Waals surface area (Å²) in [6.45, 7) is 0. The third-order valence-electron chi connectivity index (χ3n) is 1.99. The Hall–Kier alpha value is -1.23. The van der Waals surface area contributed by atoms with E-state index in [1.807, 2.05) is 0 Å². The minimum absolute atomic E-state index is 0.239. The lowest BCUT2D eigenvalue weighted by molar-refractivity contribution is -0.146. The van der Waals surface area contributed by atoms with Gasteiger partial charge in [-0.1, -0.05) is 0 Å². The number of nitrogens with zero attached hydrogens (tertiary/aromatic N) is 1. The van der Waals surface area contributed by atoms with E-state index in [0.29, 0.717) is 4.90 Å². The number of aliphatic hydroxyl groups is 1. The minimum Gasteiger partial charge on any atom is -0.379 e. The summed E-state index contributed by atoms with van der Waals surface area (Å²) in [4.78, 5) is 33.0. The molecular formula is C6H5NO4. The predicted octanol–water partition coefficient (Wildman–Crippen LogP) is -1.59. The topological polar surface area (TPSA) is 74.7 Å². The zero-order chi connectivity index (χ0) is 8.22. The molecule has 5 heteroatoms. The van der Waals surface area contributed by atoms with Crippen LogP contribution in [0.5, 0.6) is 0 Å². The zero-order valence-electron chi connectivity index (χ0n) is 5.53. The van der Waals surface area contributed by atoms with E-state index in [9.17, 15) is 19.5 Å². The second-order valence-electron chi connectivity index (χ2n) is 2.81. The molecule has 0 radical (unpaired) electrons. The predicted molar refractivity (Wildman–Crippen MR) is 31.0 cm³/mol. The van der Waals surface area contributed by atoms with Crippen LogP contribution < -0.4 is 0 Å². The highest BCUT2D eigenvalue weighted by Crippen LogP contribution is 2.35. The lowest BCUT2D eigenvalue weighted by atomic mass is 9.99. The van der Waals surface area contributed by atoms with Crippen LogP contribution in [0.1, 0.15) is 12.8 Å². The highest BCUT2D eigenvalue weighted by atomic mass is 16.3. The largest absolute Gasteiger partial charge is 0.379 e. The molecule has 2 rings (SSSR count). The van der Waals surface area contributed by atoms with Crippen molar-refractivity contribution >= 4 is 17.7 Å². The average Bonchev–Trinajstić information content (AvgIpc) is 2.14. The Balaban J connectivity index is 2.52. The highest BCUT2D eigenvalue weighted by molar-refractivity contribution is 6.24. The molecule has 0 unspecified atom stereocenters. The quantitative estimate of drug-likeness (QED) is 0.428. The van der Waals surface area contributed by atoms with Gasteiger partial charge in [-0.25, -0.2) is 4.90 Å². The smallest absolute Gasteiger partial charge is 0.269 e. The number of imide groups is 3. The summed E-state index contributed by atoms with van der Waals surface area (Å²) in [6, 6.07) is 0. The maximum absolute atomic E-state index is 10.9. The van der Waals surface area contributed by atoms with Gasteiger partial charge in [0.2, 0.25) is 11.8 Å². The van der Waals surface area contributed by atoms with Crippen LogP contribution in [0.2, 0.25) is 0 Å². The van der Waals surface area contributed by atoms with Crippen molar-refractivity contribution in [3.63, 3.8) is 0 Å². The second kappa shape index (κ2) is 1.50. The average molecular weight is 155 g/mol. The summed E-state index contributed by atoms with van der Waals surface area (Å²) in [5, 5.41) is 9.32. The summed E-state index contributed by atoms with van der Waals surface area (Å²) in [6.07, 6.45) is -0.477. The summed E-state index contributed by atoms with van der Waals surface area (Å²) in [5.41, 5.74) is -1.70. The molecule has 2 heterocycles. The molecule has 11 heavy (non-hydrogen) atoms. The van der Waals surface area contributed by atoms with Gasteiger partial charge < -0.3 is 5.11 Å². The number of piperidine rings is 1. The normalized spacial score (nSPS) is 27.0. The van der Waals surface area contributed by atoms with Gasteiger partial charge in [-0.15, -0.1) is 0 Å². The molecule has 2 saturated heterocycles. The lowest BCUT2D eigenvalue weighted by Gasteiger charge is -2.11. The molecule has 58 valence electrons. The standard InChI is InChI=1S/C6H5NO4/c8-3-1-6(11)2-4(9)7(3)5(6)10/h11H,1-2H2. The first-order valence-corrected chi connectivity index (χ1v) is 3.17. The van der Waals surface area contributed by atoms with Gasteiger partial charge >= 0.3 is 0 Å². The van der Waals surface area contributed by atoms with Crippen LogP contribution in [0.4, 0.5) is 0 Å². The Morgan fingerprint density at radius 1 is 1.18 bits per heavy atom. The number of carbonyl (C=O) groups excluding carboxylic acids is 3. The molecule has 2 aliphatic heterocycles. The number of amides is 3. The summed E-state index contributed by atoms with van der Waals surface area (Å²) >= 11 is 0. The molecule has 2 fully saturated rings. The van der Waals surface area contributed by atoms with E-state index in [1.165, 1.54) is 0 Å². The van der Waals surface area contributed by atoms with Crippen molar-refractivity contribution in [2.24, 2.45) is 0 Å². The van der Waals surface area contributed by atoms with Gasteiger partial charge in [0.15, 0.2) is 5.60 Å². The molecule has 0 aromatic rings. The van der Waals surface area contributed by atoms with Crippen LogP contribution in [0, 0.1) is 0 Å². The van der Waals surface area contributed by atoms with Crippen LogP contribution in [-0.2, 0) is 14.4 Å². The molecular weight excluding hydrogens is 150 g/mol. The summed E-state index contributed by atoms with van der Waals surface area (Å²) in [7, 11) is 0. The van der Waals surface area contributed by atoms with E-state index in [4.69, 9.17) is 0 Å². The van der Waals surface area contributed by atoms with Crippen molar-refractivity contribution < 1.29 is 19.5 Å². The van der Waals surface area contributed by atoms with Gasteiger partial charge in [0.1, 0.15) is 0 Å². The Bertz CT molecular complexity index is 264. The molecule has 0 spiro atoms. The van der Waals surface area contributed by atoms with Crippen molar-refractivity contribution in [1.29, 1.82) is 0 Å². The lowest BCUT2D eigenvalue weighted by Crippen LogP contribution is -2.32. The van der Waals surface area contributed by atoms with E-state index in [2.05, 4.69) is 0 Å². The fourth-order valence-corrected chi connectivity index (χ4v) is 1.45. The first-order chi connectivity index (χ1) is 5.04. The van der Waals surface area contributed by atoms with Crippen molar-refractivity contribution in [1.82, 2.24) is 4.90 Å². The monoisotopic (exact) mass is 155 g/mol. The van der Waals surface area contributed by atoms with Gasteiger partial charge in [-0.3, -0.25) is 14.4 Å². The number of carbonyl (C=O) groups is 3. The first kappa shape index (κ1) is 6.48. The molecule has 0 atom stereocenters. The van der Waals surface area contributed by atoms with Crippen molar-refractivity contribution in [2.75, 3.05) is 0 Å². The van der Waals surface area contributed by atoms with E-state index in [0.717, 1.165) is 0 Å². The molecule has 0 aliphatic carbocycles. The molecule has 2 bridgehead atoms. The number of fused-ring (bicyclic) bond motifs is 2. The molecule has 0 aromatic heterocycles. The SMILES string of the molecule is O=C1CC2(O)CC(=O)N1C2=O. The fourth-order valence-electron chi connectivity index (χ4n) is 1.45. The second-order valence-corrected chi connectivity index (χ2v) is 2.81. The van der Waals surface area contributed by atoms with E-state index in [1.54, 1.807) is 0 Å². The van der Waals surface area contributed by atoms with Gasteiger partial charge in [0.25, 0.3) is 5.91 Å². The molecule has 2 aliphatic rings. The van der Waals surface area contributed by atoms with E-state index < -0.39 is 23.3 Å². The fraction of sp³-hybridized carbons (Fsp3) is 0.500. The third-order valence-corrected chi connectivity index (χ3v) is 1.99. The molecule has 3 amide bonds. The number of hydrogen-bond acceptors (Lipinski definition) is 4. The first-order valence-electron chi connectivity index (χ1n) is 3.17. The number of rotatable bonds is 0. The Morgan fingerprint density at radius 3 is 1.82 bits per heavy atom. The number of hydrogen-bond donors (Lipinski definition) is 1. The molecule has 0 aromatic carbocycles.